The minimum atomic E-state index is -4.51. The van der Waals surface area contributed by atoms with Gasteiger partial charge in [-0.25, -0.2) is 4.39 Å². The van der Waals surface area contributed by atoms with Crippen LogP contribution in [0.3, 0.4) is 0 Å². The Kier molecular flexibility index (Phi) is 5.17. The number of hydrogen-bond acceptors (Lipinski definition) is 4. The molecule has 1 heterocycles. The van der Waals surface area contributed by atoms with Gasteiger partial charge in [-0.2, -0.15) is 13.2 Å². The largest absolute Gasteiger partial charge is 0.417 e. The summed E-state index contributed by atoms with van der Waals surface area (Å²) in [6.07, 6.45) is 0.725. The van der Waals surface area contributed by atoms with E-state index in [1.54, 1.807) is 12.1 Å². The number of alkyl halides is 3. The molecule has 1 aliphatic rings. The molecule has 3 rings (SSSR count). The number of amides is 1. The molecule has 1 amide bonds. The van der Waals surface area contributed by atoms with Crippen molar-refractivity contribution in [3.05, 3.63) is 71.9 Å². The lowest BCUT2D eigenvalue weighted by Gasteiger charge is -2.16. The standard InChI is InChI=1S/C19H16F4N4O/c20-15-4-2-1-3-14(15)18(6-7-18)17(28)27-16(24)5-8-26-13-9-12(10-25-11-13)19(21,22)23/h1-5,8-11,26H,6-7H2,(H2,24,27,28)/b8-5-. The number of rotatable bonds is 5. The summed E-state index contributed by atoms with van der Waals surface area (Å²) in [4.78, 5) is 16.0. The van der Waals surface area contributed by atoms with Crippen LogP contribution < -0.4 is 10.6 Å². The summed E-state index contributed by atoms with van der Waals surface area (Å²) in [6.45, 7) is 0. The molecule has 28 heavy (non-hydrogen) atoms. The molecule has 1 saturated carbocycles. The van der Waals surface area contributed by atoms with Crippen LogP contribution in [-0.2, 0) is 16.4 Å². The summed E-state index contributed by atoms with van der Waals surface area (Å²) in [5, 5.41) is 12.7. The molecule has 1 fully saturated rings. The van der Waals surface area contributed by atoms with Crippen LogP contribution in [0.15, 0.2) is 55.0 Å². The number of nitrogens with one attached hydrogen (secondary N) is 3. The van der Waals surface area contributed by atoms with E-state index in [4.69, 9.17) is 5.41 Å². The van der Waals surface area contributed by atoms with E-state index in [9.17, 15) is 22.4 Å². The minimum Gasteiger partial charge on any atom is -0.360 e. The maximum Gasteiger partial charge on any atom is 0.417 e. The van der Waals surface area contributed by atoms with Gasteiger partial charge in [-0.05, 0) is 31.1 Å². The van der Waals surface area contributed by atoms with E-state index < -0.39 is 28.9 Å². The first kappa shape index (κ1) is 19.5. The second kappa shape index (κ2) is 7.41. The fraction of sp³-hybridized carbons (Fsp3) is 0.211. The number of nitrogens with zero attached hydrogens (tertiary/aromatic N) is 1. The molecular formula is C19H16F4N4O. The molecule has 9 heteroatoms. The molecule has 0 spiro atoms. The highest BCUT2D eigenvalue weighted by Gasteiger charge is 2.52. The molecule has 5 nitrogen and oxygen atoms in total. The number of anilines is 1. The molecule has 0 aliphatic heterocycles. The van der Waals surface area contributed by atoms with Crippen LogP contribution >= 0.6 is 0 Å². The first-order valence-electron chi connectivity index (χ1n) is 8.33. The summed E-state index contributed by atoms with van der Waals surface area (Å²) >= 11 is 0. The summed E-state index contributed by atoms with van der Waals surface area (Å²) in [7, 11) is 0. The van der Waals surface area contributed by atoms with Gasteiger partial charge in [0, 0.05) is 18.0 Å². The van der Waals surface area contributed by atoms with Crippen molar-refractivity contribution in [3.8, 4) is 0 Å². The van der Waals surface area contributed by atoms with Crippen LogP contribution in [-0.4, -0.2) is 16.7 Å². The molecule has 2 aromatic rings. The monoisotopic (exact) mass is 392 g/mol. The first-order chi connectivity index (χ1) is 13.2. The van der Waals surface area contributed by atoms with E-state index in [-0.39, 0.29) is 17.1 Å². The highest BCUT2D eigenvalue weighted by Crippen LogP contribution is 2.49. The highest BCUT2D eigenvalue weighted by molar-refractivity contribution is 6.07. The van der Waals surface area contributed by atoms with E-state index in [0.29, 0.717) is 19.0 Å². The minimum absolute atomic E-state index is 0.0789. The lowest BCUT2D eigenvalue weighted by Crippen LogP contribution is -2.38. The zero-order chi connectivity index (χ0) is 20.4. The van der Waals surface area contributed by atoms with E-state index >= 15 is 0 Å². The smallest absolute Gasteiger partial charge is 0.360 e. The van der Waals surface area contributed by atoms with Crippen LogP contribution in [0.25, 0.3) is 0 Å². The molecule has 0 atom stereocenters. The number of halogens is 4. The van der Waals surface area contributed by atoms with Gasteiger partial charge < -0.3 is 10.6 Å². The molecule has 146 valence electrons. The van der Waals surface area contributed by atoms with Gasteiger partial charge in [-0.15, -0.1) is 0 Å². The third kappa shape index (κ3) is 4.19. The highest BCUT2D eigenvalue weighted by atomic mass is 19.4. The Morgan fingerprint density at radius 3 is 2.57 bits per heavy atom. The van der Waals surface area contributed by atoms with Crippen LogP contribution in [0, 0.1) is 11.2 Å². The van der Waals surface area contributed by atoms with E-state index in [1.807, 2.05) is 0 Å². The summed E-state index contributed by atoms with van der Waals surface area (Å²) in [6, 6.07) is 6.87. The average molecular weight is 392 g/mol. The van der Waals surface area contributed by atoms with Crippen molar-refractivity contribution in [2.24, 2.45) is 0 Å². The number of pyridine rings is 1. The second-order valence-electron chi connectivity index (χ2n) is 6.37. The van der Waals surface area contributed by atoms with Gasteiger partial charge in [0.1, 0.15) is 11.7 Å². The third-order valence-corrected chi connectivity index (χ3v) is 4.39. The van der Waals surface area contributed by atoms with Gasteiger partial charge in [-0.1, -0.05) is 18.2 Å². The topological polar surface area (TPSA) is 77.9 Å². The number of carbonyl (C=O) groups is 1. The van der Waals surface area contributed by atoms with Crippen LogP contribution in [0.1, 0.15) is 24.0 Å². The molecule has 1 aromatic heterocycles. The maximum atomic E-state index is 14.0. The number of carbonyl (C=O) groups excluding carboxylic acids is 1. The Morgan fingerprint density at radius 2 is 1.93 bits per heavy atom. The third-order valence-electron chi connectivity index (χ3n) is 4.39. The number of amidine groups is 1. The van der Waals surface area contributed by atoms with E-state index in [0.717, 1.165) is 6.07 Å². The maximum absolute atomic E-state index is 14.0. The predicted octanol–water partition coefficient (Wildman–Crippen LogP) is 3.99. The zero-order valence-corrected chi connectivity index (χ0v) is 14.5. The Balaban J connectivity index is 1.60. The SMILES string of the molecule is N=C(/C=C\Nc1cncc(C(F)(F)F)c1)NC(=O)C1(c2ccccc2F)CC1. The Labute approximate surface area is 158 Å². The normalized spacial score (nSPS) is 15.3. The Bertz CT molecular complexity index is 936. The van der Waals surface area contributed by atoms with Crippen LogP contribution in [0.4, 0.5) is 23.2 Å². The fourth-order valence-corrected chi connectivity index (χ4v) is 2.77. The molecule has 1 aromatic carbocycles. The predicted molar refractivity (Wildman–Crippen MR) is 95.2 cm³/mol. The number of aromatic nitrogens is 1. The molecule has 0 radical (unpaired) electrons. The zero-order valence-electron chi connectivity index (χ0n) is 14.5. The van der Waals surface area contributed by atoms with Crippen molar-refractivity contribution in [1.29, 1.82) is 5.41 Å². The average Bonchev–Trinajstić information content (AvgIpc) is 3.43. The van der Waals surface area contributed by atoms with Crippen molar-refractivity contribution in [1.82, 2.24) is 10.3 Å². The van der Waals surface area contributed by atoms with Gasteiger partial charge in [0.2, 0.25) is 5.91 Å². The van der Waals surface area contributed by atoms with Crippen molar-refractivity contribution in [2.45, 2.75) is 24.4 Å². The van der Waals surface area contributed by atoms with Gasteiger partial charge in [-0.3, -0.25) is 15.2 Å². The molecule has 0 saturated heterocycles. The number of benzene rings is 1. The van der Waals surface area contributed by atoms with E-state index in [2.05, 4.69) is 15.6 Å². The van der Waals surface area contributed by atoms with Gasteiger partial charge in [0.25, 0.3) is 0 Å². The molecular weight excluding hydrogens is 376 g/mol. The second-order valence-corrected chi connectivity index (χ2v) is 6.37. The van der Waals surface area contributed by atoms with Gasteiger partial charge >= 0.3 is 6.18 Å². The van der Waals surface area contributed by atoms with Crippen molar-refractivity contribution in [2.75, 3.05) is 5.32 Å². The lowest BCUT2D eigenvalue weighted by molar-refractivity contribution is -0.137. The first-order valence-corrected chi connectivity index (χ1v) is 8.33. The fourth-order valence-electron chi connectivity index (χ4n) is 2.77. The Hall–Kier alpha value is -3.23. The molecule has 1 aliphatic carbocycles. The molecule has 0 bridgehead atoms. The quantitative estimate of drug-likeness (QED) is 0.409. The van der Waals surface area contributed by atoms with Crippen molar-refractivity contribution >= 4 is 17.4 Å². The summed E-state index contributed by atoms with van der Waals surface area (Å²) < 4.78 is 51.9. The molecule has 0 unspecified atom stereocenters. The summed E-state index contributed by atoms with van der Waals surface area (Å²) in [5.41, 5.74) is -1.52. The van der Waals surface area contributed by atoms with Crippen LogP contribution in [0.2, 0.25) is 0 Å². The number of hydrogen-bond donors (Lipinski definition) is 3. The van der Waals surface area contributed by atoms with Gasteiger partial charge in [0.15, 0.2) is 0 Å². The van der Waals surface area contributed by atoms with Crippen molar-refractivity contribution in [3.63, 3.8) is 0 Å². The Morgan fingerprint density at radius 1 is 1.21 bits per heavy atom. The van der Waals surface area contributed by atoms with Crippen LogP contribution in [0.5, 0.6) is 0 Å². The molecule has 3 N–H and O–H groups in total. The van der Waals surface area contributed by atoms with Gasteiger partial charge in [0.05, 0.1) is 22.9 Å². The van der Waals surface area contributed by atoms with Crippen molar-refractivity contribution < 1.29 is 22.4 Å². The lowest BCUT2D eigenvalue weighted by atomic mass is 9.94. The van der Waals surface area contributed by atoms with E-state index in [1.165, 1.54) is 30.6 Å². The summed E-state index contributed by atoms with van der Waals surface area (Å²) in [5.74, 6) is -1.25.